The first-order valence-corrected chi connectivity index (χ1v) is 7.78. The van der Waals surface area contributed by atoms with E-state index >= 15 is 0 Å². The molecule has 2 N–H and O–H groups in total. The molecule has 4 aliphatic rings. The van der Waals surface area contributed by atoms with Crippen molar-refractivity contribution in [3.63, 3.8) is 0 Å². The lowest BCUT2D eigenvalue weighted by atomic mass is 9.79. The standard InChI is InChI=1S/C16H20N4O/c1-2-20-8-9-6-10(20)7-12(9)11-4-3-5-13-14(11)15(16(17)21)19-18-13/h3-4,9-10,12H,2,5-8H2,1H3,(H2,17,21). The predicted molar refractivity (Wildman–Crippen MR) is 82.1 cm³/mol. The lowest BCUT2D eigenvalue weighted by Gasteiger charge is -2.32. The van der Waals surface area contributed by atoms with E-state index in [9.17, 15) is 4.79 Å². The topological polar surface area (TPSA) is 71.1 Å². The Morgan fingerprint density at radius 2 is 2.29 bits per heavy atom. The number of nitrogens with zero attached hydrogens (tertiary/aromatic N) is 3. The molecule has 2 aliphatic heterocycles. The van der Waals surface area contributed by atoms with Crippen molar-refractivity contribution < 1.29 is 4.79 Å². The second-order valence-electron chi connectivity index (χ2n) is 6.38. The van der Waals surface area contributed by atoms with Crippen LogP contribution in [-0.4, -0.2) is 41.4 Å². The van der Waals surface area contributed by atoms with E-state index in [1.54, 1.807) is 0 Å². The molecule has 2 bridgehead atoms. The van der Waals surface area contributed by atoms with Crippen LogP contribution in [0.1, 0.15) is 26.2 Å². The smallest absolute Gasteiger partial charge is 0.269 e. The van der Waals surface area contributed by atoms with Gasteiger partial charge in [0, 0.05) is 24.6 Å². The number of nitrogens with two attached hydrogens (primary N) is 1. The molecule has 3 unspecified atom stereocenters. The van der Waals surface area contributed by atoms with Crippen LogP contribution in [-0.2, 0) is 4.79 Å². The lowest BCUT2D eigenvalue weighted by molar-refractivity contribution is -0.111. The molecule has 1 amide bonds. The minimum absolute atomic E-state index is 0.361. The summed E-state index contributed by atoms with van der Waals surface area (Å²) in [7, 11) is 0. The van der Waals surface area contributed by atoms with Crippen molar-refractivity contribution in [2.45, 2.75) is 32.2 Å². The molecule has 0 aromatic heterocycles. The summed E-state index contributed by atoms with van der Waals surface area (Å²) in [4.78, 5) is 14.2. The summed E-state index contributed by atoms with van der Waals surface area (Å²) < 4.78 is 0. The van der Waals surface area contributed by atoms with E-state index in [2.05, 4.69) is 34.2 Å². The van der Waals surface area contributed by atoms with Gasteiger partial charge in [0.15, 0.2) is 5.71 Å². The zero-order chi connectivity index (χ0) is 14.6. The first kappa shape index (κ1) is 13.0. The second-order valence-corrected chi connectivity index (χ2v) is 6.38. The van der Waals surface area contributed by atoms with E-state index in [1.165, 1.54) is 25.0 Å². The summed E-state index contributed by atoms with van der Waals surface area (Å²) in [6, 6.07) is 0.698. The maximum Gasteiger partial charge on any atom is 0.269 e. The van der Waals surface area contributed by atoms with Gasteiger partial charge in [-0.1, -0.05) is 19.1 Å². The molecule has 0 spiro atoms. The number of carbonyl (C=O) groups excluding carboxylic acids is 1. The highest BCUT2D eigenvalue weighted by Gasteiger charge is 2.46. The summed E-state index contributed by atoms with van der Waals surface area (Å²) in [6.07, 6.45) is 7.53. The summed E-state index contributed by atoms with van der Waals surface area (Å²) in [5, 5.41) is 8.18. The minimum Gasteiger partial charge on any atom is -0.364 e. The van der Waals surface area contributed by atoms with Gasteiger partial charge in [-0.3, -0.25) is 4.79 Å². The van der Waals surface area contributed by atoms with Gasteiger partial charge in [0.05, 0.1) is 5.71 Å². The molecule has 0 radical (unpaired) electrons. The Labute approximate surface area is 124 Å². The van der Waals surface area contributed by atoms with Gasteiger partial charge in [-0.15, -0.1) is 5.10 Å². The van der Waals surface area contributed by atoms with Crippen LogP contribution in [0.2, 0.25) is 0 Å². The zero-order valence-corrected chi connectivity index (χ0v) is 12.2. The summed E-state index contributed by atoms with van der Waals surface area (Å²) >= 11 is 0. The Kier molecular flexibility index (Phi) is 2.85. The fourth-order valence-corrected chi connectivity index (χ4v) is 4.47. The Morgan fingerprint density at radius 1 is 1.43 bits per heavy atom. The van der Waals surface area contributed by atoms with Crippen LogP contribution in [0.25, 0.3) is 0 Å². The van der Waals surface area contributed by atoms with Gasteiger partial charge in [0.1, 0.15) is 0 Å². The van der Waals surface area contributed by atoms with Crippen molar-refractivity contribution in [1.29, 1.82) is 0 Å². The average Bonchev–Trinajstić information content (AvgIpc) is 3.18. The zero-order valence-electron chi connectivity index (χ0n) is 12.2. The number of hydrogen-bond donors (Lipinski definition) is 1. The number of carbonyl (C=O) groups is 1. The molecule has 0 aromatic carbocycles. The van der Waals surface area contributed by atoms with Crippen LogP contribution < -0.4 is 5.73 Å². The molecule has 2 fully saturated rings. The molecular weight excluding hydrogens is 264 g/mol. The molecule has 5 heteroatoms. The van der Waals surface area contributed by atoms with Crippen molar-refractivity contribution in [3.8, 4) is 0 Å². The summed E-state index contributed by atoms with van der Waals surface area (Å²) in [5.74, 6) is 0.753. The van der Waals surface area contributed by atoms with Crippen molar-refractivity contribution >= 4 is 17.3 Å². The van der Waals surface area contributed by atoms with Crippen LogP contribution in [0.5, 0.6) is 0 Å². The SMILES string of the molecule is CCN1CC2CC1CC2C1=C2C(=NN=C2C(N)=O)CC=C1. The molecule has 110 valence electrons. The molecule has 3 atom stereocenters. The molecule has 0 aromatic rings. The molecule has 2 heterocycles. The van der Waals surface area contributed by atoms with Gasteiger partial charge in [0.25, 0.3) is 5.91 Å². The molecule has 21 heavy (non-hydrogen) atoms. The third kappa shape index (κ3) is 1.83. The monoisotopic (exact) mass is 284 g/mol. The average molecular weight is 284 g/mol. The number of allylic oxidation sites excluding steroid dienone is 3. The fourth-order valence-electron chi connectivity index (χ4n) is 4.47. The highest BCUT2D eigenvalue weighted by molar-refractivity contribution is 6.53. The number of primary amides is 1. The van der Waals surface area contributed by atoms with Crippen LogP contribution in [0.4, 0.5) is 0 Å². The van der Waals surface area contributed by atoms with Gasteiger partial charge < -0.3 is 10.6 Å². The number of rotatable bonds is 3. The van der Waals surface area contributed by atoms with Crippen LogP contribution in [0.15, 0.2) is 33.5 Å². The van der Waals surface area contributed by atoms with Crippen molar-refractivity contribution in [1.82, 2.24) is 4.90 Å². The first-order valence-electron chi connectivity index (χ1n) is 7.78. The molecular formula is C16H20N4O. The van der Waals surface area contributed by atoms with Gasteiger partial charge >= 0.3 is 0 Å². The van der Waals surface area contributed by atoms with E-state index in [1.807, 2.05) is 0 Å². The number of hydrogen-bond acceptors (Lipinski definition) is 4. The highest BCUT2D eigenvalue weighted by Crippen LogP contribution is 2.47. The first-order chi connectivity index (χ1) is 10.2. The van der Waals surface area contributed by atoms with E-state index < -0.39 is 5.91 Å². The van der Waals surface area contributed by atoms with E-state index in [0.29, 0.717) is 23.6 Å². The number of fused-ring (bicyclic) bond motifs is 3. The molecule has 5 nitrogen and oxygen atoms in total. The third-order valence-corrected chi connectivity index (χ3v) is 5.39. The molecule has 2 aliphatic carbocycles. The normalized spacial score (nSPS) is 34.2. The highest BCUT2D eigenvalue weighted by atomic mass is 16.1. The Hall–Kier alpha value is -1.75. The van der Waals surface area contributed by atoms with Crippen LogP contribution in [0, 0.1) is 11.8 Å². The Balaban J connectivity index is 1.70. The summed E-state index contributed by atoms with van der Waals surface area (Å²) in [6.45, 7) is 4.54. The van der Waals surface area contributed by atoms with Crippen molar-refractivity contribution in [3.05, 3.63) is 23.3 Å². The number of piperidine rings is 1. The Morgan fingerprint density at radius 3 is 2.95 bits per heavy atom. The second kappa shape index (κ2) is 4.63. The summed E-state index contributed by atoms with van der Waals surface area (Å²) in [5.41, 5.74) is 8.93. The Bertz CT molecular complexity index is 628. The molecule has 1 saturated carbocycles. The van der Waals surface area contributed by atoms with E-state index in [4.69, 9.17) is 5.73 Å². The quantitative estimate of drug-likeness (QED) is 0.847. The predicted octanol–water partition coefficient (Wildman–Crippen LogP) is 1.27. The third-order valence-electron chi connectivity index (χ3n) is 5.39. The number of likely N-dealkylation sites (tertiary alicyclic amines) is 1. The number of amides is 1. The molecule has 4 rings (SSSR count). The maximum atomic E-state index is 11.6. The van der Waals surface area contributed by atoms with E-state index in [0.717, 1.165) is 24.3 Å². The molecule has 1 saturated heterocycles. The van der Waals surface area contributed by atoms with Gasteiger partial charge in [-0.25, -0.2) is 0 Å². The van der Waals surface area contributed by atoms with E-state index in [-0.39, 0.29) is 0 Å². The largest absolute Gasteiger partial charge is 0.364 e. The lowest BCUT2D eigenvalue weighted by Crippen LogP contribution is -2.37. The van der Waals surface area contributed by atoms with Crippen molar-refractivity contribution in [2.75, 3.05) is 13.1 Å². The van der Waals surface area contributed by atoms with Gasteiger partial charge in [-0.05, 0) is 36.8 Å². The van der Waals surface area contributed by atoms with Crippen molar-refractivity contribution in [2.24, 2.45) is 27.8 Å². The van der Waals surface area contributed by atoms with Crippen LogP contribution in [0.3, 0.4) is 0 Å². The minimum atomic E-state index is -0.463. The van der Waals surface area contributed by atoms with Crippen LogP contribution >= 0.6 is 0 Å². The maximum absolute atomic E-state index is 11.6. The fraction of sp³-hybridized carbons (Fsp3) is 0.562. The van der Waals surface area contributed by atoms with Gasteiger partial charge in [0.2, 0.25) is 0 Å². The van der Waals surface area contributed by atoms with Gasteiger partial charge in [-0.2, -0.15) is 5.10 Å².